The van der Waals surface area contributed by atoms with E-state index in [2.05, 4.69) is 27.9 Å². The van der Waals surface area contributed by atoms with Crippen LogP contribution in [0.1, 0.15) is 29.5 Å². The van der Waals surface area contributed by atoms with Gasteiger partial charge in [0.1, 0.15) is 11.8 Å². The van der Waals surface area contributed by atoms with E-state index in [1.807, 2.05) is 0 Å². The van der Waals surface area contributed by atoms with Gasteiger partial charge in [-0.05, 0) is 31.1 Å². The molecule has 1 saturated heterocycles. The van der Waals surface area contributed by atoms with Crippen LogP contribution in [-0.4, -0.2) is 55.3 Å². The molecular formula is C25H23N7O3. The Kier molecular flexibility index (Phi) is 6.69. The van der Waals surface area contributed by atoms with E-state index < -0.39 is 0 Å². The normalized spacial score (nSPS) is 15.2. The Bertz CT molecular complexity index is 1370. The van der Waals surface area contributed by atoms with E-state index in [1.165, 1.54) is 42.7 Å². The zero-order valence-electron chi connectivity index (χ0n) is 18.8. The lowest BCUT2D eigenvalue weighted by Crippen LogP contribution is -2.44. The van der Waals surface area contributed by atoms with E-state index in [4.69, 9.17) is 5.41 Å². The van der Waals surface area contributed by atoms with Crippen LogP contribution in [0.5, 0.6) is 5.75 Å². The number of nitrogens with zero attached hydrogens (tertiary/aromatic N) is 5. The van der Waals surface area contributed by atoms with Crippen LogP contribution in [0.25, 0.3) is 5.95 Å². The maximum Gasteiger partial charge on any atom is 0.246 e. The number of anilines is 1. The highest BCUT2D eigenvalue weighted by atomic mass is 16.3. The fourth-order valence-electron chi connectivity index (χ4n) is 3.98. The fraction of sp³-hybridized carbons (Fsp3) is 0.200. The molecule has 176 valence electrons. The molecule has 0 radical (unpaired) electrons. The second-order valence-electron chi connectivity index (χ2n) is 8.09. The van der Waals surface area contributed by atoms with Crippen molar-refractivity contribution in [3.05, 3.63) is 88.6 Å². The molecule has 3 aromatic rings. The fourth-order valence-corrected chi connectivity index (χ4v) is 3.98. The number of rotatable bonds is 6. The van der Waals surface area contributed by atoms with Crippen LogP contribution in [0.3, 0.4) is 0 Å². The number of likely N-dealkylation sites (tertiary alicyclic amines) is 1. The molecule has 4 rings (SSSR count). The maximum atomic E-state index is 12.1. The predicted octanol–water partition coefficient (Wildman–Crippen LogP) is 2.21. The van der Waals surface area contributed by atoms with Crippen LogP contribution in [0.15, 0.2) is 66.5 Å². The standard InChI is InChI=1S/C25H23N7O3/c1-2-22(35)32-7-3-4-18(15-32)30-24-16(12-26)10-20(34)11-21(24)23(27)17-13-28-25(29-14-17)31-8-5-19(33)6-9-31/h2,5-6,8-11,13-14,18,27,30,34H,1,3-4,7,15H2. The summed E-state index contributed by atoms with van der Waals surface area (Å²) in [4.78, 5) is 33.6. The molecule has 1 amide bonds. The molecule has 1 fully saturated rings. The smallest absolute Gasteiger partial charge is 0.246 e. The Balaban J connectivity index is 1.64. The van der Waals surface area contributed by atoms with Gasteiger partial charge in [0.25, 0.3) is 0 Å². The number of piperidine rings is 1. The van der Waals surface area contributed by atoms with Gasteiger partial charge in [-0.1, -0.05) is 6.58 Å². The topological polar surface area (TPSA) is 148 Å². The number of phenolic OH excluding ortho intramolecular Hbond substituents is 1. The minimum absolute atomic E-state index is 0.0150. The summed E-state index contributed by atoms with van der Waals surface area (Å²) in [7, 11) is 0. The van der Waals surface area contributed by atoms with Gasteiger partial charge in [0.2, 0.25) is 11.9 Å². The Morgan fingerprint density at radius 2 is 2.00 bits per heavy atom. The SMILES string of the molecule is C=CC(=O)N1CCCC(Nc2c(C#N)cc(O)cc2C(=N)c2cnc(-n3ccc(=O)cc3)nc2)C1. The van der Waals surface area contributed by atoms with Crippen LogP contribution < -0.4 is 10.7 Å². The molecule has 1 aromatic carbocycles. The van der Waals surface area contributed by atoms with Gasteiger partial charge in [0.15, 0.2) is 5.43 Å². The first kappa shape index (κ1) is 23.4. The van der Waals surface area contributed by atoms with Gasteiger partial charge >= 0.3 is 0 Å². The number of amides is 1. The molecule has 1 aliphatic heterocycles. The summed E-state index contributed by atoms with van der Waals surface area (Å²) in [5.41, 5.74) is 1.15. The number of carbonyl (C=O) groups excluding carboxylic acids is 1. The molecule has 1 aliphatic rings. The van der Waals surface area contributed by atoms with Gasteiger partial charge in [-0.3, -0.25) is 19.6 Å². The highest BCUT2D eigenvalue weighted by Gasteiger charge is 2.25. The molecule has 3 N–H and O–H groups in total. The van der Waals surface area contributed by atoms with E-state index in [1.54, 1.807) is 21.9 Å². The molecule has 10 heteroatoms. The summed E-state index contributed by atoms with van der Waals surface area (Å²) in [6.45, 7) is 4.61. The zero-order chi connectivity index (χ0) is 24.9. The van der Waals surface area contributed by atoms with E-state index in [0.717, 1.165) is 12.8 Å². The molecule has 0 bridgehead atoms. The Labute approximate surface area is 201 Å². The predicted molar refractivity (Wildman–Crippen MR) is 130 cm³/mol. The second-order valence-corrected chi connectivity index (χ2v) is 8.09. The van der Waals surface area contributed by atoms with E-state index in [9.17, 15) is 20.0 Å². The zero-order valence-corrected chi connectivity index (χ0v) is 18.8. The number of aromatic nitrogens is 3. The first-order valence-electron chi connectivity index (χ1n) is 10.9. The number of hydrogen-bond acceptors (Lipinski definition) is 8. The molecule has 0 spiro atoms. The molecule has 0 saturated carbocycles. The van der Waals surface area contributed by atoms with Gasteiger partial charge in [-0.2, -0.15) is 5.26 Å². The van der Waals surface area contributed by atoms with Gasteiger partial charge in [-0.15, -0.1) is 0 Å². The summed E-state index contributed by atoms with van der Waals surface area (Å²) >= 11 is 0. The molecular weight excluding hydrogens is 446 g/mol. The minimum atomic E-state index is -0.157. The van der Waals surface area contributed by atoms with Crippen molar-refractivity contribution < 1.29 is 9.90 Å². The van der Waals surface area contributed by atoms with Crippen LogP contribution in [0.4, 0.5) is 5.69 Å². The van der Waals surface area contributed by atoms with Crippen LogP contribution >= 0.6 is 0 Å². The van der Waals surface area contributed by atoms with E-state index in [-0.39, 0.29) is 34.4 Å². The highest BCUT2D eigenvalue weighted by Crippen LogP contribution is 2.30. The number of phenols is 1. The first-order chi connectivity index (χ1) is 16.9. The van der Waals surface area contributed by atoms with Crippen molar-refractivity contribution >= 4 is 17.3 Å². The number of aromatic hydroxyl groups is 1. The third-order valence-electron chi connectivity index (χ3n) is 5.73. The lowest BCUT2D eigenvalue weighted by atomic mass is 9.97. The summed E-state index contributed by atoms with van der Waals surface area (Å²) in [5, 5.41) is 32.0. The molecule has 3 heterocycles. The molecule has 1 unspecified atom stereocenters. The minimum Gasteiger partial charge on any atom is -0.508 e. The van der Waals surface area contributed by atoms with Gasteiger partial charge in [-0.25, -0.2) is 9.97 Å². The maximum absolute atomic E-state index is 12.1. The Hall–Kier alpha value is -4.78. The molecule has 35 heavy (non-hydrogen) atoms. The van der Waals surface area contributed by atoms with Crippen molar-refractivity contribution in [1.29, 1.82) is 10.7 Å². The second kappa shape index (κ2) is 10.0. The van der Waals surface area contributed by atoms with Gasteiger partial charge in [0.05, 0.1) is 17.0 Å². The van der Waals surface area contributed by atoms with Crippen LogP contribution in [-0.2, 0) is 4.79 Å². The number of nitrogens with one attached hydrogen (secondary N) is 2. The monoisotopic (exact) mass is 469 g/mol. The molecule has 0 aliphatic carbocycles. The van der Waals surface area contributed by atoms with Gasteiger partial charge in [0, 0.05) is 67.2 Å². The average Bonchev–Trinajstić information content (AvgIpc) is 2.89. The van der Waals surface area contributed by atoms with Crippen molar-refractivity contribution in [2.24, 2.45) is 0 Å². The molecule has 10 nitrogen and oxygen atoms in total. The molecule has 1 atom stereocenters. The van der Waals surface area contributed by atoms with Crippen molar-refractivity contribution in [1.82, 2.24) is 19.4 Å². The average molecular weight is 470 g/mol. The first-order valence-corrected chi connectivity index (χ1v) is 10.9. The summed E-state index contributed by atoms with van der Waals surface area (Å²) in [6, 6.07) is 7.47. The largest absolute Gasteiger partial charge is 0.508 e. The Morgan fingerprint density at radius 1 is 1.29 bits per heavy atom. The lowest BCUT2D eigenvalue weighted by molar-refractivity contribution is -0.127. The number of hydrogen-bond donors (Lipinski definition) is 3. The Morgan fingerprint density at radius 3 is 2.66 bits per heavy atom. The van der Waals surface area contributed by atoms with Crippen molar-refractivity contribution in [2.75, 3.05) is 18.4 Å². The number of pyridine rings is 1. The lowest BCUT2D eigenvalue weighted by Gasteiger charge is -2.33. The van der Waals surface area contributed by atoms with Gasteiger partial charge < -0.3 is 15.3 Å². The van der Waals surface area contributed by atoms with Crippen LogP contribution in [0, 0.1) is 16.7 Å². The van der Waals surface area contributed by atoms with E-state index >= 15 is 0 Å². The van der Waals surface area contributed by atoms with Crippen molar-refractivity contribution in [3.63, 3.8) is 0 Å². The third-order valence-corrected chi connectivity index (χ3v) is 5.73. The number of nitriles is 1. The molecule has 2 aromatic heterocycles. The van der Waals surface area contributed by atoms with Crippen molar-refractivity contribution in [2.45, 2.75) is 18.9 Å². The van der Waals surface area contributed by atoms with E-state index in [0.29, 0.717) is 35.9 Å². The highest BCUT2D eigenvalue weighted by molar-refractivity contribution is 6.14. The summed E-state index contributed by atoms with van der Waals surface area (Å²) in [6.07, 6.45) is 8.86. The summed E-state index contributed by atoms with van der Waals surface area (Å²) in [5.74, 6) is 0.0168. The van der Waals surface area contributed by atoms with Crippen molar-refractivity contribution in [3.8, 4) is 17.8 Å². The summed E-state index contributed by atoms with van der Waals surface area (Å²) < 4.78 is 1.57. The third kappa shape index (κ3) is 5.09. The quantitative estimate of drug-likeness (QED) is 0.285. The van der Waals surface area contributed by atoms with Crippen LogP contribution in [0.2, 0.25) is 0 Å². The number of benzene rings is 1. The number of carbonyl (C=O) groups is 1.